The van der Waals surface area contributed by atoms with Crippen molar-refractivity contribution >= 4 is 23.2 Å². The molecule has 22 heavy (non-hydrogen) atoms. The molecular formula is C16H16N2O3S. The third-order valence-corrected chi connectivity index (χ3v) is 4.72. The normalized spacial score (nSPS) is 15.3. The molecular weight excluding hydrogens is 300 g/mol. The van der Waals surface area contributed by atoms with Crippen molar-refractivity contribution in [2.75, 3.05) is 0 Å². The zero-order valence-corrected chi connectivity index (χ0v) is 12.9. The van der Waals surface area contributed by atoms with Crippen molar-refractivity contribution in [1.29, 1.82) is 0 Å². The number of carbonyl (C=O) groups is 2. The lowest BCUT2D eigenvalue weighted by Gasteiger charge is -2.25. The molecule has 1 saturated carbocycles. The highest BCUT2D eigenvalue weighted by atomic mass is 32.1. The van der Waals surface area contributed by atoms with Gasteiger partial charge in [0.15, 0.2) is 0 Å². The van der Waals surface area contributed by atoms with Crippen molar-refractivity contribution < 1.29 is 14.7 Å². The Morgan fingerprint density at radius 2 is 2.00 bits per heavy atom. The molecule has 1 atom stereocenters. The Morgan fingerprint density at radius 3 is 2.59 bits per heavy atom. The van der Waals surface area contributed by atoms with Crippen molar-refractivity contribution in [1.82, 2.24) is 9.88 Å². The molecule has 3 rings (SSSR count). The number of rotatable bonds is 5. The fourth-order valence-electron chi connectivity index (χ4n) is 2.34. The monoisotopic (exact) mass is 316 g/mol. The van der Waals surface area contributed by atoms with Crippen LogP contribution in [0.3, 0.4) is 0 Å². The minimum absolute atomic E-state index is 0.0425. The van der Waals surface area contributed by atoms with E-state index in [9.17, 15) is 14.7 Å². The third-order valence-electron chi connectivity index (χ3n) is 3.69. The minimum atomic E-state index is -0.979. The molecule has 1 aliphatic carbocycles. The topological polar surface area (TPSA) is 70.5 Å². The highest BCUT2D eigenvalue weighted by Crippen LogP contribution is 2.32. The third kappa shape index (κ3) is 2.87. The van der Waals surface area contributed by atoms with Gasteiger partial charge in [-0.2, -0.15) is 0 Å². The minimum Gasteiger partial charge on any atom is -0.480 e. The molecule has 0 aliphatic heterocycles. The number of nitrogens with zero attached hydrogens (tertiary/aromatic N) is 2. The molecule has 0 radical (unpaired) electrons. The van der Waals surface area contributed by atoms with E-state index in [1.165, 1.54) is 16.2 Å². The van der Waals surface area contributed by atoms with Crippen molar-refractivity contribution in [2.45, 2.75) is 31.8 Å². The maximum Gasteiger partial charge on any atom is 0.326 e. The van der Waals surface area contributed by atoms with Crippen LogP contribution >= 0.6 is 11.3 Å². The van der Waals surface area contributed by atoms with Crippen molar-refractivity contribution in [2.24, 2.45) is 0 Å². The Morgan fingerprint density at radius 1 is 1.32 bits per heavy atom. The maximum absolute atomic E-state index is 12.6. The fourth-order valence-corrected chi connectivity index (χ4v) is 3.21. The first kappa shape index (κ1) is 14.7. The molecule has 6 heteroatoms. The van der Waals surface area contributed by atoms with E-state index in [1.54, 1.807) is 13.1 Å². The van der Waals surface area contributed by atoms with Gasteiger partial charge in [-0.25, -0.2) is 9.78 Å². The molecule has 0 saturated heterocycles. The number of aromatic nitrogens is 1. The first-order valence-corrected chi connectivity index (χ1v) is 7.96. The van der Waals surface area contributed by atoms with E-state index in [-0.39, 0.29) is 11.9 Å². The van der Waals surface area contributed by atoms with Crippen molar-refractivity contribution in [3.63, 3.8) is 0 Å². The average molecular weight is 316 g/mol. The summed E-state index contributed by atoms with van der Waals surface area (Å²) in [5.41, 5.74) is 0.954. The predicted octanol–water partition coefficient (Wildman–Crippen LogP) is 2.89. The van der Waals surface area contributed by atoms with Gasteiger partial charge in [0.05, 0.1) is 6.20 Å². The van der Waals surface area contributed by atoms with E-state index < -0.39 is 12.0 Å². The summed E-state index contributed by atoms with van der Waals surface area (Å²) < 4.78 is 0. The highest BCUT2D eigenvalue weighted by molar-refractivity contribution is 7.16. The molecule has 1 amide bonds. The maximum atomic E-state index is 12.6. The molecule has 1 aromatic carbocycles. The largest absolute Gasteiger partial charge is 0.480 e. The Labute approximate surface area is 132 Å². The summed E-state index contributed by atoms with van der Waals surface area (Å²) in [6.07, 6.45) is 3.28. The summed E-state index contributed by atoms with van der Waals surface area (Å²) in [5, 5.41) is 9.97. The summed E-state index contributed by atoms with van der Waals surface area (Å²) >= 11 is 1.30. The standard InChI is InChI=1S/C16H16N2O3S/c1-10(16(20)21)18(12-7-8-12)15(19)13-9-17-14(22-13)11-5-3-2-4-6-11/h2-6,9-10,12H,7-8H2,1H3,(H,20,21). The van der Waals surface area contributed by atoms with Gasteiger partial charge in [0, 0.05) is 11.6 Å². The first-order valence-electron chi connectivity index (χ1n) is 7.14. The molecule has 1 aromatic heterocycles. The molecule has 1 N–H and O–H groups in total. The van der Waals surface area contributed by atoms with Crippen LogP contribution in [0.2, 0.25) is 0 Å². The Bertz CT molecular complexity index is 694. The molecule has 0 bridgehead atoms. The van der Waals surface area contributed by atoms with Crippen LogP contribution in [0.15, 0.2) is 36.5 Å². The van der Waals surface area contributed by atoms with Gasteiger partial charge in [0.25, 0.3) is 5.91 Å². The molecule has 1 unspecified atom stereocenters. The van der Waals surface area contributed by atoms with Gasteiger partial charge in [-0.15, -0.1) is 11.3 Å². The number of carbonyl (C=O) groups excluding carboxylic acids is 1. The first-order chi connectivity index (χ1) is 10.6. The number of aliphatic carboxylic acids is 1. The number of thiazole rings is 1. The van der Waals surface area contributed by atoms with Gasteiger partial charge in [-0.3, -0.25) is 4.79 Å². The second-order valence-electron chi connectivity index (χ2n) is 5.35. The fraction of sp³-hybridized carbons (Fsp3) is 0.312. The molecule has 2 aromatic rings. The number of hydrogen-bond donors (Lipinski definition) is 1. The van der Waals surface area contributed by atoms with Crippen LogP contribution in [0.1, 0.15) is 29.4 Å². The van der Waals surface area contributed by atoms with E-state index in [4.69, 9.17) is 0 Å². The van der Waals surface area contributed by atoms with Crippen LogP contribution in [0, 0.1) is 0 Å². The Hall–Kier alpha value is -2.21. The lowest BCUT2D eigenvalue weighted by atomic mass is 10.2. The zero-order valence-electron chi connectivity index (χ0n) is 12.1. The lowest BCUT2D eigenvalue weighted by Crippen LogP contribution is -2.44. The van der Waals surface area contributed by atoms with Crippen molar-refractivity contribution in [3.8, 4) is 10.6 Å². The predicted molar refractivity (Wildman–Crippen MR) is 83.8 cm³/mol. The summed E-state index contributed by atoms with van der Waals surface area (Å²) in [4.78, 5) is 30.1. The van der Waals surface area contributed by atoms with E-state index in [0.29, 0.717) is 4.88 Å². The summed E-state index contributed by atoms with van der Waals surface area (Å²) in [7, 11) is 0. The second kappa shape index (κ2) is 5.88. The van der Waals surface area contributed by atoms with Gasteiger partial charge in [-0.1, -0.05) is 30.3 Å². The molecule has 0 spiro atoms. The van der Waals surface area contributed by atoms with Gasteiger partial charge in [0.2, 0.25) is 0 Å². The quantitative estimate of drug-likeness (QED) is 0.921. The van der Waals surface area contributed by atoms with Crippen LogP contribution in [0.25, 0.3) is 10.6 Å². The zero-order chi connectivity index (χ0) is 15.7. The molecule has 1 fully saturated rings. The van der Waals surface area contributed by atoms with E-state index in [2.05, 4.69) is 4.98 Å². The summed E-state index contributed by atoms with van der Waals surface area (Å²) in [5.74, 6) is -1.22. The SMILES string of the molecule is CC(C(=O)O)N(C(=O)c1cnc(-c2ccccc2)s1)C1CC1. The van der Waals surface area contributed by atoms with Gasteiger partial charge >= 0.3 is 5.97 Å². The van der Waals surface area contributed by atoms with E-state index in [0.717, 1.165) is 23.4 Å². The van der Waals surface area contributed by atoms with Crippen LogP contribution in [0.4, 0.5) is 0 Å². The van der Waals surface area contributed by atoms with Gasteiger partial charge in [0.1, 0.15) is 15.9 Å². The van der Waals surface area contributed by atoms with Gasteiger partial charge in [-0.05, 0) is 19.8 Å². The van der Waals surface area contributed by atoms with Crippen LogP contribution < -0.4 is 0 Å². The number of hydrogen-bond acceptors (Lipinski definition) is 4. The van der Waals surface area contributed by atoms with Gasteiger partial charge < -0.3 is 10.0 Å². The summed E-state index contributed by atoms with van der Waals surface area (Å²) in [6, 6.07) is 8.86. The number of amides is 1. The van der Waals surface area contributed by atoms with Crippen LogP contribution in [-0.4, -0.2) is 39.0 Å². The molecule has 114 valence electrons. The number of benzene rings is 1. The van der Waals surface area contributed by atoms with Crippen LogP contribution in [0.5, 0.6) is 0 Å². The Balaban J connectivity index is 1.85. The molecule has 5 nitrogen and oxygen atoms in total. The average Bonchev–Trinajstić information content (AvgIpc) is 3.23. The summed E-state index contributed by atoms with van der Waals surface area (Å²) in [6.45, 7) is 1.55. The highest BCUT2D eigenvalue weighted by Gasteiger charge is 2.39. The molecule has 1 heterocycles. The number of carboxylic acid groups (broad SMARTS) is 1. The van der Waals surface area contributed by atoms with Crippen LogP contribution in [-0.2, 0) is 4.79 Å². The van der Waals surface area contributed by atoms with Crippen molar-refractivity contribution in [3.05, 3.63) is 41.4 Å². The Kier molecular flexibility index (Phi) is 3.94. The smallest absolute Gasteiger partial charge is 0.326 e. The lowest BCUT2D eigenvalue weighted by molar-refractivity contribution is -0.141. The number of carboxylic acids is 1. The second-order valence-corrected chi connectivity index (χ2v) is 6.38. The van der Waals surface area contributed by atoms with E-state index >= 15 is 0 Å². The van der Waals surface area contributed by atoms with E-state index in [1.807, 2.05) is 30.3 Å². The molecule has 1 aliphatic rings.